The van der Waals surface area contributed by atoms with Crippen molar-refractivity contribution < 1.29 is 8.97 Å². The molecule has 0 aromatic carbocycles. The molecule has 0 bridgehead atoms. The molecule has 0 aromatic heterocycles. The van der Waals surface area contributed by atoms with E-state index in [1.807, 2.05) is 0 Å². The smallest absolute Gasteiger partial charge is 0.129 e. The van der Waals surface area contributed by atoms with Crippen LogP contribution in [-0.4, -0.2) is 53.8 Å². The molecular formula is C28H56N2+2. The van der Waals surface area contributed by atoms with Gasteiger partial charge >= 0.3 is 0 Å². The quantitative estimate of drug-likeness (QED) is 0.188. The van der Waals surface area contributed by atoms with E-state index in [0.29, 0.717) is 0 Å². The molecule has 1 aliphatic rings. The van der Waals surface area contributed by atoms with E-state index in [2.05, 4.69) is 80.5 Å². The minimum absolute atomic E-state index is 0.156. The second kappa shape index (κ2) is 11.9. The molecule has 30 heavy (non-hydrogen) atoms. The van der Waals surface area contributed by atoms with Gasteiger partial charge in [-0.15, -0.1) is 0 Å². The van der Waals surface area contributed by atoms with Crippen molar-refractivity contribution in [3.8, 4) is 0 Å². The summed E-state index contributed by atoms with van der Waals surface area (Å²) in [7, 11) is 0. The fourth-order valence-corrected chi connectivity index (χ4v) is 6.43. The summed E-state index contributed by atoms with van der Waals surface area (Å²) in [5.74, 6) is 0. The second-order valence-corrected chi connectivity index (χ2v) is 10.2. The lowest BCUT2D eigenvalue weighted by atomic mass is 9.63. The number of likely N-dealkylation sites (N-methyl/N-ethyl adjacent to an activating group) is 2. The summed E-state index contributed by atoms with van der Waals surface area (Å²) in [4.78, 5) is 0. The lowest BCUT2D eigenvalue weighted by molar-refractivity contribution is -0.970. The van der Waals surface area contributed by atoms with Crippen molar-refractivity contribution in [2.24, 2.45) is 5.41 Å². The van der Waals surface area contributed by atoms with Crippen molar-refractivity contribution in [3.05, 3.63) is 23.9 Å². The van der Waals surface area contributed by atoms with E-state index in [9.17, 15) is 0 Å². The first-order valence-electron chi connectivity index (χ1n) is 13.4. The number of allylic oxidation sites excluding steroid dienone is 1. The van der Waals surface area contributed by atoms with Crippen molar-refractivity contribution in [1.82, 2.24) is 0 Å². The highest BCUT2D eigenvalue weighted by atomic mass is 15.4. The van der Waals surface area contributed by atoms with Gasteiger partial charge in [0.25, 0.3) is 0 Å². The Morgan fingerprint density at radius 2 is 1.17 bits per heavy atom. The molecule has 0 saturated carbocycles. The Bertz CT molecular complexity index is 536. The van der Waals surface area contributed by atoms with Crippen molar-refractivity contribution in [1.29, 1.82) is 0 Å². The van der Waals surface area contributed by atoms with E-state index < -0.39 is 0 Å². The monoisotopic (exact) mass is 420 g/mol. The van der Waals surface area contributed by atoms with E-state index in [4.69, 9.17) is 0 Å². The maximum Gasteiger partial charge on any atom is 0.129 e. The Kier molecular flexibility index (Phi) is 10.8. The molecule has 2 nitrogen and oxygen atoms in total. The Balaban J connectivity index is 3.34. The first-order valence-corrected chi connectivity index (χ1v) is 13.4. The van der Waals surface area contributed by atoms with Crippen molar-refractivity contribution in [2.75, 3.05) is 39.3 Å². The molecule has 1 aliphatic carbocycles. The van der Waals surface area contributed by atoms with Crippen LogP contribution in [0.3, 0.4) is 0 Å². The molecule has 0 amide bonds. The Hall–Kier alpha value is -0.600. The maximum absolute atomic E-state index is 2.74. The number of rotatable bonds is 15. The molecule has 0 fully saturated rings. The summed E-state index contributed by atoms with van der Waals surface area (Å²) < 4.78 is 2.30. The summed E-state index contributed by atoms with van der Waals surface area (Å²) in [6.45, 7) is 29.0. The average molecular weight is 421 g/mol. The van der Waals surface area contributed by atoms with E-state index >= 15 is 0 Å². The third-order valence-corrected chi connectivity index (χ3v) is 9.42. The zero-order valence-corrected chi connectivity index (χ0v) is 22.3. The van der Waals surface area contributed by atoms with E-state index in [1.165, 1.54) is 88.7 Å². The molecule has 0 aromatic rings. The Labute approximate surface area is 190 Å². The van der Waals surface area contributed by atoms with Crippen LogP contribution in [0, 0.1) is 5.41 Å². The van der Waals surface area contributed by atoms with Gasteiger partial charge in [0.15, 0.2) is 0 Å². The fraction of sp³-hybridized carbons (Fsp3) is 0.857. The lowest BCUT2D eigenvalue weighted by Gasteiger charge is -2.58. The van der Waals surface area contributed by atoms with Gasteiger partial charge in [-0.05, 0) is 74.0 Å². The van der Waals surface area contributed by atoms with Gasteiger partial charge in [-0.2, -0.15) is 0 Å². The molecule has 1 rings (SSSR count). The van der Waals surface area contributed by atoms with Gasteiger partial charge in [-0.25, -0.2) is 0 Å². The molecule has 0 heterocycles. The van der Waals surface area contributed by atoms with Gasteiger partial charge in [0, 0.05) is 11.5 Å². The number of unbranched alkanes of at least 4 members (excludes halogenated alkanes) is 5. The Morgan fingerprint density at radius 1 is 0.667 bits per heavy atom. The first-order chi connectivity index (χ1) is 14.2. The molecule has 0 N–H and O–H groups in total. The minimum atomic E-state index is 0.156. The highest BCUT2D eigenvalue weighted by Crippen LogP contribution is 2.50. The van der Waals surface area contributed by atoms with Crippen LogP contribution in [0.1, 0.15) is 107 Å². The Morgan fingerprint density at radius 3 is 1.63 bits per heavy atom. The van der Waals surface area contributed by atoms with Gasteiger partial charge in [-0.1, -0.05) is 45.4 Å². The number of hydrogen-bond acceptors (Lipinski definition) is 0. The predicted octanol–water partition coefficient (Wildman–Crippen LogP) is 7.71. The van der Waals surface area contributed by atoms with Crippen LogP contribution in [0.2, 0.25) is 0 Å². The minimum Gasteiger partial charge on any atom is -0.316 e. The van der Waals surface area contributed by atoms with Gasteiger partial charge in [0.1, 0.15) is 11.2 Å². The highest BCUT2D eigenvalue weighted by molar-refractivity contribution is 5.30. The van der Waals surface area contributed by atoms with Gasteiger partial charge in [0.2, 0.25) is 0 Å². The molecule has 176 valence electrons. The van der Waals surface area contributed by atoms with Crippen molar-refractivity contribution in [2.45, 2.75) is 113 Å². The number of hydrogen-bond donors (Lipinski definition) is 0. The van der Waals surface area contributed by atoms with Gasteiger partial charge in [-0.3, -0.25) is 4.48 Å². The van der Waals surface area contributed by atoms with E-state index in [0.717, 1.165) is 4.48 Å². The lowest BCUT2D eigenvalue weighted by Crippen LogP contribution is -2.69. The number of quaternary nitrogens is 2. The largest absolute Gasteiger partial charge is 0.316 e. The van der Waals surface area contributed by atoms with Crippen LogP contribution in [-0.2, 0) is 0 Å². The molecule has 2 unspecified atom stereocenters. The van der Waals surface area contributed by atoms with Crippen LogP contribution in [0.15, 0.2) is 23.9 Å². The average Bonchev–Trinajstić information content (AvgIpc) is 2.76. The van der Waals surface area contributed by atoms with Crippen molar-refractivity contribution >= 4 is 0 Å². The predicted molar refractivity (Wildman–Crippen MR) is 135 cm³/mol. The van der Waals surface area contributed by atoms with E-state index in [-0.39, 0.29) is 11.0 Å². The molecule has 2 atom stereocenters. The maximum atomic E-state index is 2.74. The fourth-order valence-electron chi connectivity index (χ4n) is 6.43. The molecule has 0 aliphatic heterocycles. The van der Waals surface area contributed by atoms with Gasteiger partial charge in [0.05, 0.1) is 39.3 Å². The van der Waals surface area contributed by atoms with Crippen LogP contribution >= 0.6 is 0 Å². The molecule has 0 saturated heterocycles. The zero-order chi connectivity index (χ0) is 22.9. The molecule has 2 heteroatoms. The van der Waals surface area contributed by atoms with Crippen LogP contribution in [0.4, 0.5) is 0 Å². The normalized spacial score (nSPS) is 24.9. The van der Waals surface area contributed by atoms with E-state index in [1.54, 1.807) is 5.70 Å². The summed E-state index contributed by atoms with van der Waals surface area (Å²) in [6.07, 6.45) is 17.5. The molecule has 0 spiro atoms. The molecular weight excluding hydrogens is 364 g/mol. The van der Waals surface area contributed by atoms with Crippen LogP contribution in [0.5, 0.6) is 0 Å². The highest BCUT2D eigenvalue weighted by Gasteiger charge is 2.56. The summed E-state index contributed by atoms with van der Waals surface area (Å²) in [5.41, 5.74) is 1.92. The summed E-state index contributed by atoms with van der Waals surface area (Å²) in [6, 6.07) is 0. The zero-order valence-electron chi connectivity index (χ0n) is 22.3. The second-order valence-electron chi connectivity index (χ2n) is 10.2. The first kappa shape index (κ1) is 27.4. The van der Waals surface area contributed by atoms with Gasteiger partial charge < -0.3 is 4.48 Å². The third kappa shape index (κ3) is 5.07. The van der Waals surface area contributed by atoms with Crippen LogP contribution in [0.25, 0.3) is 0 Å². The summed E-state index contributed by atoms with van der Waals surface area (Å²) in [5, 5.41) is 0. The topological polar surface area (TPSA) is 0 Å². The van der Waals surface area contributed by atoms with Crippen molar-refractivity contribution in [3.63, 3.8) is 0 Å². The third-order valence-electron chi connectivity index (χ3n) is 9.42. The standard InChI is InChI=1S/C28H56N2/c1-10-17-18-19-20-21-23-27(8)25-26(29(11-2,12-3)13-4)22-24-28(27,9)30(14-5,15-6)16-7/h22,24-25H,10-21,23H2,1-9H3/q+2. The van der Waals surface area contributed by atoms with Crippen LogP contribution < -0.4 is 0 Å². The SMILES string of the molecule is CCCCCCCCC1(C)C=C([N+](CC)(CC)CC)C=CC1(C)[N+](CC)(CC)CC. The summed E-state index contributed by atoms with van der Waals surface area (Å²) >= 11 is 0. The molecule has 0 radical (unpaired) electrons. The number of nitrogens with zero attached hydrogens (tertiary/aromatic N) is 2.